The minimum atomic E-state index is -0.0298. The van der Waals surface area contributed by atoms with E-state index in [0.717, 1.165) is 23.0 Å². The van der Waals surface area contributed by atoms with E-state index in [9.17, 15) is 4.79 Å². The van der Waals surface area contributed by atoms with E-state index < -0.39 is 0 Å². The van der Waals surface area contributed by atoms with Crippen LogP contribution in [0.25, 0.3) is 10.9 Å². The molecule has 1 amide bonds. The minimum absolute atomic E-state index is 0.0298. The maximum Gasteiger partial charge on any atom is 0.254 e. The Hall–Kier alpha value is -3.23. The largest absolute Gasteiger partial charge is 0.333 e. The molecule has 0 saturated heterocycles. The summed E-state index contributed by atoms with van der Waals surface area (Å²) in [4.78, 5) is 21.6. The van der Waals surface area contributed by atoms with Crippen molar-refractivity contribution in [2.45, 2.75) is 6.54 Å². The Labute approximate surface area is 159 Å². The molecular weight excluding hydrogens is 336 g/mol. The first kappa shape index (κ1) is 18.6. The van der Waals surface area contributed by atoms with Gasteiger partial charge in [-0.25, -0.2) is 0 Å². The molecule has 0 bridgehead atoms. The zero-order valence-corrected chi connectivity index (χ0v) is 15.6. The molecule has 3 rings (SSSR count). The van der Waals surface area contributed by atoms with Gasteiger partial charge in [-0.05, 0) is 50.0 Å². The first-order valence-corrected chi connectivity index (χ1v) is 8.85. The van der Waals surface area contributed by atoms with Crippen molar-refractivity contribution in [3.8, 4) is 6.07 Å². The molecule has 0 aliphatic heterocycles. The van der Waals surface area contributed by atoms with Gasteiger partial charge in [0.15, 0.2) is 0 Å². The molecule has 5 heteroatoms. The summed E-state index contributed by atoms with van der Waals surface area (Å²) in [5.74, 6) is -0.0298. The maximum atomic E-state index is 13.3. The summed E-state index contributed by atoms with van der Waals surface area (Å²) in [6, 6.07) is 19.0. The molecule has 1 heterocycles. The number of amides is 1. The van der Waals surface area contributed by atoms with Crippen LogP contribution in [0, 0.1) is 11.3 Å². The monoisotopic (exact) mass is 358 g/mol. The van der Waals surface area contributed by atoms with Crippen molar-refractivity contribution in [1.82, 2.24) is 14.8 Å². The molecule has 0 spiro atoms. The molecule has 2 aromatic carbocycles. The van der Waals surface area contributed by atoms with Crippen LogP contribution in [0.2, 0.25) is 0 Å². The van der Waals surface area contributed by atoms with E-state index in [1.165, 1.54) is 0 Å². The second-order valence-corrected chi connectivity index (χ2v) is 6.72. The number of hydrogen-bond acceptors (Lipinski definition) is 4. The molecule has 0 atom stereocenters. The number of nitrogens with zero attached hydrogens (tertiary/aromatic N) is 4. The van der Waals surface area contributed by atoms with Gasteiger partial charge < -0.3 is 9.80 Å². The molecule has 0 fully saturated rings. The lowest BCUT2D eigenvalue weighted by Gasteiger charge is -2.25. The highest BCUT2D eigenvalue weighted by molar-refractivity contribution is 6.06. The smallest absolute Gasteiger partial charge is 0.254 e. The second kappa shape index (κ2) is 8.43. The summed E-state index contributed by atoms with van der Waals surface area (Å²) >= 11 is 0. The van der Waals surface area contributed by atoms with E-state index in [1.807, 2.05) is 67.5 Å². The summed E-state index contributed by atoms with van der Waals surface area (Å²) < 4.78 is 0. The molecule has 136 valence electrons. The topological polar surface area (TPSA) is 60.2 Å². The van der Waals surface area contributed by atoms with Crippen LogP contribution in [0.4, 0.5) is 0 Å². The van der Waals surface area contributed by atoms with E-state index in [1.54, 1.807) is 12.3 Å². The number of rotatable bonds is 6. The van der Waals surface area contributed by atoms with Gasteiger partial charge in [-0.3, -0.25) is 9.78 Å². The van der Waals surface area contributed by atoms with Crippen molar-refractivity contribution in [2.75, 3.05) is 27.2 Å². The zero-order chi connectivity index (χ0) is 19.2. The summed E-state index contributed by atoms with van der Waals surface area (Å²) in [5, 5.41) is 9.99. The number of pyridine rings is 1. The average Bonchev–Trinajstić information content (AvgIpc) is 2.70. The summed E-state index contributed by atoms with van der Waals surface area (Å²) in [5.41, 5.74) is 3.00. The van der Waals surface area contributed by atoms with Crippen LogP contribution < -0.4 is 0 Å². The van der Waals surface area contributed by atoms with Gasteiger partial charge in [0.05, 0.1) is 17.1 Å². The molecule has 0 radical (unpaired) electrons. The lowest BCUT2D eigenvalue weighted by atomic mass is 10.1. The molecule has 3 aromatic rings. The first-order valence-electron chi connectivity index (χ1n) is 8.85. The van der Waals surface area contributed by atoms with Gasteiger partial charge >= 0.3 is 0 Å². The summed E-state index contributed by atoms with van der Waals surface area (Å²) in [6.07, 6.45) is 1.73. The maximum absolute atomic E-state index is 13.3. The predicted octanol–water partition coefficient (Wildman–Crippen LogP) is 3.31. The van der Waals surface area contributed by atoms with Crippen LogP contribution in [0.15, 0.2) is 60.8 Å². The van der Waals surface area contributed by atoms with E-state index in [2.05, 4.69) is 16.0 Å². The number of fused-ring (bicyclic) bond motifs is 1. The van der Waals surface area contributed by atoms with E-state index in [0.29, 0.717) is 24.2 Å². The van der Waals surface area contributed by atoms with Crippen molar-refractivity contribution >= 4 is 16.8 Å². The molecule has 0 saturated carbocycles. The Morgan fingerprint density at radius 3 is 2.67 bits per heavy atom. The average molecular weight is 358 g/mol. The number of likely N-dealkylation sites (N-methyl/N-ethyl adjacent to an activating group) is 1. The normalized spacial score (nSPS) is 10.7. The van der Waals surface area contributed by atoms with Crippen molar-refractivity contribution in [2.24, 2.45) is 0 Å². The molecule has 0 aliphatic rings. The van der Waals surface area contributed by atoms with Crippen molar-refractivity contribution in [3.63, 3.8) is 0 Å². The Balaban J connectivity index is 1.94. The minimum Gasteiger partial charge on any atom is -0.333 e. The Morgan fingerprint density at radius 2 is 1.89 bits per heavy atom. The first-order chi connectivity index (χ1) is 13.1. The highest BCUT2D eigenvalue weighted by atomic mass is 16.2. The van der Waals surface area contributed by atoms with Crippen LogP contribution in [0.1, 0.15) is 21.5 Å². The van der Waals surface area contributed by atoms with Crippen LogP contribution in [-0.2, 0) is 6.54 Å². The fraction of sp³-hybridized carbons (Fsp3) is 0.227. The lowest BCUT2D eigenvalue weighted by Crippen LogP contribution is -2.36. The molecular formula is C22H22N4O. The summed E-state index contributed by atoms with van der Waals surface area (Å²) in [7, 11) is 3.97. The lowest BCUT2D eigenvalue weighted by molar-refractivity contribution is 0.0734. The fourth-order valence-corrected chi connectivity index (χ4v) is 2.99. The van der Waals surface area contributed by atoms with Gasteiger partial charge in [-0.15, -0.1) is 0 Å². The number of benzene rings is 2. The Morgan fingerprint density at radius 1 is 1.07 bits per heavy atom. The SMILES string of the molecule is CN(C)CCN(Cc1cccc(C#N)c1)C(=O)c1cccc2ncccc12. The number of carbonyl (C=O) groups excluding carboxylic acids is 1. The number of hydrogen-bond donors (Lipinski definition) is 0. The van der Waals surface area contributed by atoms with E-state index in [-0.39, 0.29) is 5.91 Å². The number of aromatic nitrogens is 1. The van der Waals surface area contributed by atoms with Gasteiger partial charge in [0.2, 0.25) is 0 Å². The van der Waals surface area contributed by atoms with Gasteiger partial charge in [0.25, 0.3) is 5.91 Å². The zero-order valence-electron chi connectivity index (χ0n) is 15.6. The van der Waals surface area contributed by atoms with Crippen molar-refractivity contribution < 1.29 is 4.79 Å². The molecule has 27 heavy (non-hydrogen) atoms. The van der Waals surface area contributed by atoms with Crippen LogP contribution >= 0.6 is 0 Å². The third-order valence-corrected chi connectivity index (χ3v) is 4.41. The molecule has 1 aromatic heterocycles. The second-order valence-electron chi connectivity index (χ2n) is 6.72. The molecule has 0 N–H and O–H groups in total. The fourth-order valence-electron chi connectivity index (χ4n) is 2.99. The molecule has 5 nitrogen and oxygen atoms in total. The Bertz CT molecular complexity index is 986. The number of carbonyl (C=O) groups is 1. The van der Waals surface area contributed by atoms with Gasteiger partial charge in [-0.1, -0.05) is 24.3 Å². The third-order valence-electron chi connectivity index (χ3n) is 4.41. The van der Waals surface area contributed by atoms with Crippen LogP contribution in [-0.4, -0.2) is 47.9 Å². The van der Waals surface area contributed by atoms with Gasteiger partial charge in [0.1, 0.15) is 0 Å². The van der Waals surface area contributed by atoms with Crippen molar-refractivity contribution in [1.29, 1.82) is 5.26 Å². The molecule has 0 unspecified atom stereocenters. The standard InChI is InChI=1S/C22H22N4O/c1-25(2)12-13-26(16-18-7-3-6-17(14-18)15-23)22(27)20-8-4-10-21-19(20)9-5-11-24-21/h3-11,14H,12-13,16H2,1-2H3. The molecule has 0 aliphatic carbocycles. The van der Waals surface area contributed by atoms with Crippen molar-refractivity contribution in [3.05, 3.63) is 77.5 Å². The van der Waals surface area contributed by atoms with Crippen LogP contribution in [0.5, 0.6) is 0 Å². The van der Waals surface area contributed by atoms with Crippen LogP contribution in [0.3, 0.4) is 0 Å². The van der Waals surface area contributed by atoms with E-state index >= 15 is 0 Å². The highest BCUT2D eigenvalue weighted by Crippen LogP contribution is 2.19. The van der Waals surface area contributed by atoms with E-state index in [4.69, 9.17) is 5.26 Å². The number of nitriles is 1. The third kappa shape index (κ3) is 4.49. The quantitative estimate of drug-likeness (QED) is 0.678. The highest BCUT2D eigenvalue weighted by Gasteiger charge is 2.19. The van der Waals surface area contributed by atoms with Gasteiger partial charge in [-0.2, -0.15) is 5.26 Å². The Kier molecular flexibility index (Phi) is 5.80. The predicted molar refractivity (Wildman–Crippen MR) is 106 cm³/mol. The van der Waals surface area contributed by atoms with Gasteiger partial charge in [0, 0.05) is 36.8 Å². The summed E-state index contributed by atoms with van der Waals surface area (Å²) in [6.45, 7) is 1.81.